The van der Waals surface area contributed by atoms with Crippen LogP contribution >= 0.6 is 34.3 Å². The van der Waals surface area contributed by atoms with Gasteiger partial charge in [0.15, 0.2) is 0 Å². The third-order valence-electron chi connectivity index (χ3n) is 2.14. The fourth-order valence-corrected chi connectivity index (χ4v) is 3.32. The highest BCUT2D eigenvalue weighted by molar-refractivity contribution is 7.23. The molecule has 3 aromatic rings. The zero-order valence-electron chi connectivity index (χ0n) is 8.27. The zero-order valence-corrected chi connectivity index (χ0v) is 10.7. The average molecular weight is 268 g/mol. The van der Waals surface area contributed by atoms with Crippen LogP contribution in [0.15, 0.2) is 17.8 Å². The van der Waals surface area contributed by atoms with E-state index in [2.05, 4.69) is 15.0 Å². The Labute approximate surface area is 105 Å². The molecule has 0 saturated heterocycles. The molecule has 0 bridgehead atoms. The van der Waals surface area contributed by atoms with Crippen LogP contribution in [-0.2, 0) is 0 Å². The Morgan fingerprint density at radius 2 is 2.19 bits per heavy atom. The normalized spacial score (nSPS) is 11.1. The number of thiophene rings is 1. The number of rotatable bonds is 1. The summed E-state index contributed by atoms with van der Waals surface area (Å²) < 4.78 is 0.921. The number of nitrogens with zero attached hydrogens (tertiary/aromatic N) is 3. The predicted octanol–water partition coefficient (Wildman–Crippen LogP) is 3.78. The number of halogens is 1. The molecule has 0 aromatic carbocycles. The van der Waals surface area contributed by atoms with Crippen LogP contribution in [-0.4, -0.2) is 15.0 Å². The van der Waals surface area contributed by atoms with Crippen molar-refractivity contribution in [3.05, 3.63) is 27.9 Å². The summed E-state index contributed by atoms with van der Waals surface area (Å²) in [5.41, 5.74) is 1.87. The van der Waals surface area contributed by atoms with E-state index in [4.69, 9.17) is 11.6 Å². The van der Waals surface area contributed by atoms with E-state index in [1.165, 1.54) is 6.33 Å². The van der Waals surface area contributed by atoms with E-state index in [-0.39, 0.29) is 0 Å². The molecule has 16 heavy (non-hydrogen) atoms. The molecule has 0 aliphatic heterocycles. The Morgan fingerprint density at radius 3 is 2.88 bits per heavy atom. The maximum atomic E-state index is 6.00. The van der Waals surface area contributed by atoms with Crippen LogP contribution in [0.5, 0.6) is 0 Å². The van der Waals surface area contributed by atoms with Crippen LogP contribution in [0, 0.1) is 6.92 Å². The summed E-state index contributed by atoms with van der Waals surface area (Å²) in [6, 6.07) is 2.00. The molecule has 3 rings (SSSR count). The third kappa shape index (κ3) is 1.61. The van der Waals surface area contributed by atoms with Crippen LogP contribution in [0.25, 0.3) is 20.8 Å². The van der Waals surface area contributed by atoms with E-state index < -0.39 is 0 Å². The van der Waals surface area contributed by atoms with Gasteiger partial charge in [-0.25, -0.2) is 15.0 Å². The molecular formula is C10H6ClN3S2. The van der Waals surface area contributed by atoms with Gasteiger partial charge in [0, 0.05) is 5.38 Å². The summed E-state index contributed by atoms with van der Waals surface area (Å²) in [4.78, 5) is 13.7. The lowest BCUT2D eigenvalue weighted by molar-refractivity contribution is 1.23. The summed E-state index contributed by atoms with van der Waals surface area (Å²) in [6.07, 6.45) is 1.48. The van der Waals surface area contributed by atoms with Gasteiger partial charge in [-0.05, 0) is 13.0 Å². The molecule has 0 radical (unpaired) electrons. The largest absolute Gasteiger partial charge is 0.241 e. The maximum Gasteiger partial charge on any atom is 0.150 e. The second kappa shape index (κ2) is 3.76. The molecule has 0 aliphatic rings. The van der Waals surface area contributed by atoms with Crippen molar-refractivity contribution in [3.63, 3.8) is 0 Å². The Bertz CT molecular complexity index is 659. The quantitative estimate of drug-likeness (QED) is 0.630. The minimum absolute atomic E-state index is 0.508. The molecule has 0 atom stereocenters. The molecule has 0 unspecified atom stereocenters. The lowest BCUT2D eigenvalue weighted by Crippen LogP contribution is -1.76. The zero-order chi connectivity index (χ0) is 11.1. The molecule has 3 nitrogen and oxygen atoms in total. The van der Waals surface area contributed by atoms with Crippen LogP contribution in [0.3, 0.4) is 0 Å². The second-order valence-electron chi connectivity index (χ2n) is 3.24. The van der Waals surface area contributed by atoms with Gasteiger partial charge >= 0.3 is 0 Å². The lowest BCUT2D eigenvalue weighted by atomic mass is 10.3. The molecule has 0 amide bonds. The van der Waals surface area contributed by atoms with E-state index >= 15 is 0 Å². The van der Waals surface area contributed by atoms with E-state index in [1.807, 2.05) is 18.4 Å². The van der Waals surface area contributed by atoms with Gasteiger partial charge in [-0.3, -0.25) is 0 Å². The molecule has 6 heteroatoms. The highest BCUT2D eigenvalue weighted by Crippen LogP contribution is 2.35. The van der Waals surface area contributed by atoms with Crippen molar-refractivity contribution in [2.24, 2.45) is 0 Å². The van der Waals surface area contributed by atoms with Gasteiger partial charge in [0.05, 0.1) is 25.8 Å². The molecule has 0 spiro atoms. The summed E-state index contributed by atoms with van der Waals surface area (Å²) in [5, 5.41) is 3.61. The van der Waals surface area contributed by atoms with Gasteiger partial charge in [0.1, 0.15) is 11.5 Å². The lowest BCUT2D eigenvalue weighted by Gasteiger charge is -1.88. The van der Waals surface area contributed by atoms with Crippen molar-refractivity contribution >= 4 is 44.5 Å². The van der Waals surface area contributed by atoms with Crippen molar-refractivity contribution in [2.45, 2.75) is 6.92 Å². The van der Waals surface area contributed by atoms with Gasteiger partial charge < -0.3 is 0 Å². The van der Waals surface area contributed by atoms with Crippen LogP contribution in [0.1, 0.15) is 5.01 Å². The van der Waals surface area contributed by atoms with Crippen LogP contribution < -0.4 is 0 Å². The summed E-state index contributed by atoms with van der Waals surface area (Å²) in [5.74, 6) is 0. The first-order valence-corrected chi connectivity index (χ1v) is 6.64. The minimum atomic E-state index is 0.508. The SMILES string of the molecule is Cc1nc(-c2cc3ncnc(Cl)c3s2)cs1. The monoisotopic (exact) mass is 267 g/mol. The van der Waals surface area contributed by atoms with Gasteiger partial charge in [0.25, 0.3) is 0 Å². The van der Waals surface area contributed by atoms with E-state index in [0.29, 0.717) is 5.15 Å². The first-order valence-electron chi connectivity index (χ1n) is 4.56. The predicted molar refractivity (Wildman–Crippen MR) is 68.3 cm³/mol. The van der Waals surface area contributed by atoms with Crippen molar-refractivity contribution in [1.82, 2.24) is 15.0 Å². The van der Waals surface area contributed by atoms with Gasteiger partial charge in [0.2, 0.25) is 0 Å². The first kappa shape index (κ1) is 10.1. The van der Waals surface area contributed by atoms with Crippen molar-refractivity contribution in [3.8, 4) is 10.6 Å². The van der Waals surface area contributed by atoms with Gasteiger partial charge in [-0.1, -0.05) is 11.6 Å². The van der Waals surface area contributed by atoms with Gasteiger partial charge in [-0.2, -0.15) is 0 Å². The number of aromatic nitrogens is 3. The Morgan fingerprint density at radius 1 is 1.31 bits per heavy atom. The van der Waals surface area contributed by atoms with Crippen molar-refractivity contribution in [1.29, 1.82) is 0 Å². The second-order valence-corrected chi connectivity index (χ2v) is 5.71. The highest BCUT2D eigenvalue weighted by atomic mass is 35.5. The number of aryl methyl sites for hydroxylation is 1. The summed E-state index contributed by atoms with van der Waals surface area (Å²) >= 11 is 9.22. The van der Waals surface area contributed by atoms with E-state index in [1.54, 1.807) is 22.7 Å². The maximum absolute atomic E-state index is 6.00. The Balaban J connectivity index is 2.22. The molecule has 3 aromatic heterocycles. The van der Waals surface area contributed by atoms with Crippen LogP contribution in [0.4, 0.5) is 0 Å². The molecular weight excluding hydrogens is 262 g/mol. The molecule has 0 aliphatic carbocycles. The number of hydrogen-bond donors (Lipinski definition) is 0. The van der Waals surface area contributed by atoms with Crippen molar-refractivity contribution < 1.29 is 0 Å². The topological polar surface area (TPSA) is 38.7 Å². The Kier molecular flexibility index (Phi) is 2.38. The molecule has 3 heterocycles. The fraction of sp³-hybridized carbons (Fsp3) is 0.100. The molecule has 80 valence electrons. The smallest absolute Gasteiger partial charge is 0.150 e. The average Bonchev–Trinajstić information content (AvgIpc) is 2.84. The molecule has 0 N–H and O–H groups in total. The number of hydrogen-bond acceptors (Lipinski definition) is 5. The van der Waals surface area contributed by atoms with E-state index in [9.17, 15) is 0 Å². The third-order valence-corrected chi connectivity index (χ3v) is 4.46. The number of fused-ring (bicyclic) bond motifs is 1. The minimum Gasteiger partial charge on any atom is -0.241 e. The van der Waals surface area contributed by atoms with Gasteiger partial charge in [-0.15, -0.1) is 22.7 Å². The standard InChI is InChI=1S/C10H6ClN3S2/c1-5-14-7(3-15-5)8-2-6-9(16-8)10(11)13-4-12-6/h2-4H,1H3. The highest BCUT2D eigenvalue weighted by Gasteiger charge is 2.10. The molecule has 0 fully saturated rings. The van der Waals surface area contributed by atoms with Crippen molar-refractivity contribution in [2.75, 3.05) is 0 Å². The number of thiazole rings is 1. The fourth-order valence-electron chi connectivity index (χ4n) is 1.43. The first-order chi connectivity index (χ1) is 7.74. The Hall–Kier alpha value is -1.04. The summed E-state index contributed by atoms with van der Waals surface area (Å²) in [6.45, 7) is 1.99. The summed E-state index contributed by atoms with van der Waals surface area (Å²) in [7, 11) is 0. The molecule has 0 saturated carbocycles. The van der Waals surface area contributed by atoms with Crippen LogP contribution in [0.2, 0.25) is 5.15 Å². The van der Waals surface area contributed by atoms with E-state index in [0.717, 1.165) is 25.8 Å².